The molecule has 3 aromatic rings. The second-order valence-corrected chi connectivity index (χ2v) is 7.36. The van der Waals surface area contributed by atoms with E-state index in [-0.39, 0.29) is 11.9 Å². The zero-order chi connectivity index (χ0) is 21.4. The van der Waals surface area contributed by atoms with Gasteiger partial charge in [-0.05, 0) is 48.5 Å². The maximum Gasteiger partial charge on any atom is 0.361 e. The molecule has 1 spiro atoms. The third kappa shape index (κ3) is 3.24. The highest BCUT2D eigenvalue weighted by atomic mass is 16.5. The molecule has 2 aliphatic rings. The molecule has 6 N–H and O–H groups in total. The first-order chi connectivity index (χ1) is 15.0. The number of benzene rings is 3. The Morgan fingerprint density at radius 2 is 1.61 bits per heavy atom. The van der Waals surface area contributed by atoms with Gasteiger partial charge in [0.2, 0.25) is 0 Å². The molecule has 0 aromatic heterocycles. The fourth-order valence-corrected chi connectivity index (χ4v) is 3.86. The lowest BCUT2D eigenvalue weighted by molar-refractivity contribution is -0.789. The molecule has 0 aliphatic carbocycles. The van der Waals surface area contributed by atoms with Crippen molar-refractivity contribution >= 4 is 29.2 Å². The minimum absolute atomic E-state index is 0.149. The number of likely N-dealkylation sites (N-methyl/N-ethyl adjacent to an activating group) is 1. The van der Waals surface area contributed by atoms with Crippen molar-refractivity contribution in [3.05, 3.63) is 84.4 Å². The molecular weight excluding hydrogens is 392 g/mol. The summed E-state index contributed by atoms with van der Waals surface area (Å²) in [6, 6.07) is 24.7. The predicted molar refractivity (Wildman–Crippen MR) is 117 cm³/mol. The summed E-state index contributed by atoms with van der Waals surface area (Å²) in [4.78, 5) is 21.1. The summed E-state index contributed by atoms with van der Waals surface area (Å²) < 4.78 is 5.83. The quantitative estimate of drug-likeness (QED) is 0.384. The molecule has 2 heterocycles. The van der Waals surface area contributed by atoms with Gasteiger partial charge in [-0.25, -0.2) is 15.3 Å². The van der Waals surface area contributed by atoms with Gasteiger partial charge in [0, 0.05) is 7.05 Å². The van der Waals surface area contributed by atoms with E-state index in [2.05, 4.69) is 20.6 Å². The van der Waals surface area contributed by atoms with E-state index in [0.29, 0.717) is 5.96 Å². The van der Waals surface area contributed by atoms with Crippen LogP contribution in [-0.2, 0) is 10.5 Å². The average molecular weight is 414 g/mol. The maximum absolute atomic E-state index is 13.1. The van der Waals surface area contributed by atoms with Crippen LogP contribution in [-0.4, -0.2) is 24.9 Å². The van der Waals surface area contributed by atoms with Crippen LogP contribution in [0.3, 0.4) is 0 Å². The zero-order valence-corrected chi connectivity index (χ0v) is 16.8. The van der Waals surface area contributed by atoms with Crippen LogP contribution < -0.4 is 36.0 Å². The van der Waals surface area contributed by atoms with E-state index in [4.69, 9.17) is 10.5 Å². The SMILES string of the molecule is CN1C(=O)[C@@]2([NH+]=C(N)NC(Nc3ccc(Oc4ccccc4)cc3)=[NH+]2)c2ccccc21. The molecular formula is C23H22N6O2+2. The minimum Gasteiger partial charge on any atom is -0.457 e. The molecule has 1 amide bonds. The van der Waals surface area contributed by atoms with E-state index in [0.717, 1.165) is 28.4 Å². The van der Waals surface area contributed by atoms with Crippen molar-refractivity contribution in [2.45, 2.75) is 5.66 Å². The number of para-hydroxylation sites is 2. The lowest BCUT2D eigenvalue weighted by Crippen LogP contribution is -3.14. The van der Waals surface area contributed by atoms with Crippen molar-refractivity contribution in [3.8, 4) is 11.5 Å². The Morgan fingerprint density at radius 1 is 0.935 bits per heavy atom. The Kier molecular flexibility index (Phi) is 4.32. The molecule has 0 bridgehead atoms. The lowest BCUT2D eigenvalue weighted by Gasteiger charge is -2.22. The number of nitrogens with two attached hydrogens (primary N) is 1. The number of rotatable bonds is 3. The van der Waals surface area contributed by atoms with Crippen LogP contribution in [0.4, 0.5) is 11.4 Å². The molecule has 1 atom stereocenters. The van der Waals surface area contributed by atoms with Crippen LogP contribution in [0.25, 0.3) is 0 Å². The Balaban J connectivity index is 1.41. The van der Waals surface area contributed by atoms with Crippen LogP contribution in [0.5, 0.6) is 11.5 Å². The number of guanidine groups is 2. The topological polar surface area (TPSA) is 108 Å². The number of hydrogen-bond donors (Lipinski definition) is 5. The standard InChI is InChI=1S/C23H20N6O2/c1-29-19-10-6-5-9-18(19)23(20(29)30)27-21(24)26-22(28-23)25-15-11-13-17(14-12-15)31-16-7-3-2-4-8-16/h2-14H,1H3,(H4,24,25,26,27,28)/p+2/t23-/m1/s1. The van der Waals surface area contributed by atoms with Crippen LogP contribution in [0, 0.1) is 0 Å². The number of fused-ring (bicyclic) bond motifs is 2. The fraction of sp³-hybridized carbons (Fsp3) is 0.0870. The van der Waals surface area contributed by atoms with Gasteiger partial charge in [-0.1, -0.05) is 30.3 Å². The highest BCUT2D eigenvalue weighted by Crippen LogP contribution is 2.32. The van der Waals surface area contributed by atoms with Crippen molar-refractivity contribution in [1.29, 1.82) is 0 Å². The average Bonchev–Trinajstić information content (AvgIpc) is 2.97. The van der Waals surface area contributed by atoms with Gasteiger partial charge in [0.1, 0.15) is 11.5 Å². The second-order valence-electron chi connectivity index (χ2n) is 7.36. The first-order valence-corrected chi connectivity index (χ1v) is 9.85. The molecule has 0 saturated heterocycles. The Morgan fingerprint density at radius 3 is 2.39 bits per heavy atom. The molecule has 3 aromatic carbocycles. The van der Waals surface area contributed by atoms with E-state index in [1.807, 2.05) is 78.9 Å². The maximum atomic E-state index is 13.1. The molecule has 154 valence electrons. The van der Waals surface area contributed by atoms with E-state index in [9.17, 15) is 4.79 Å². The van der Waals surface area contributed by atoms with Crippen LogP contribution >= 0.6 is 0 Å². The van der Waals surface area contributed by atoms with E-state index in [1.165, 1.54) is 0 Å². The van der Waals surface area contributed by atoms with Gasteiger partial charge in [-0.3, -0.25) is 10.5 Å². The monoisotopic (exact) mass is 414 g/mol. The third-order valence-corrected chi connectivity index (χ3v) is 5.29. The molecule has 2 aliphatic heterocycles. The first-order valence-electron chi connectivity index (χ1n) is 9.85. The number of amides is 1. The largest absolute Gasteiger partial charge is 0.457 e. The van der Waals surface area contributed by atoms with Gasteiger partial charge in [-0.15, -0.1) is 0 Å². The summed E-state index contributed by atoms with van der Waals surface area (Å²) in [6.07, 6.45) is 0. The zero-order valence-electron chi connectivity index (χ0n) is 16.8. The van der Waals surface area contributed by atoms with Gasteiger partial charge in [0.25, 0.3) is 0 Å². The molecule has 0 fully saturated rings. The van der Waals surface area contributed by atoms with Crippen molar-refractivity contribution in [2.24, 2.45) is 5.73 Å². The number of carbonyl (C=O) groups excluding carboxylic acids is 1. The molecule has 5 rings (SSSR count). The molecule has 0 saturated carbocycles. The van der Waals surface area contributed by atoms with Crippen molar-refractivity contribution in [1.82, 2.24) is 5.32 Å². The normalized spacial score (nSPS) is 19.4. The van der Waals surface area contributed by atoms with E-state index < -0.39 is 5.66 Å². The minimum atomic E-state index is -1.18. The van der Waals surface area contributed by atoms with Gasteiger partial charge >= 0.3 is 23.5 Å². The summed E-state index contributed by atoms with van der Waals surface area (Å²) in [5, 5.41) is 6.26. The van der Waals surface area contributed by atoms with E-state index >= 15 is 0 Å². The molecule has 0 radical (unpaired) electrons. The highest BCUT2D eigenvalue weighted by molar-refractivity contribution is 6.07. The van der Waals surface area contributed by atoms with Crippen LogP contribution in [0.2, 0.25) is 0 Å². The van der Waals surface area contributed by atoms with Gasteiger partial charge in [-0.2, -0.15) is 5.32 Å². The number of nitrogens with one attached hydrogen (secondary N) is 4. The summed E-state index contributed by atoms with van der Waals surface area (Å²) in [7, 11) is 1.75. The Bertz CT molecular complexity index is 1210. The number of ether oxygens (including phenoxy) is 1. The Labute approximate surface area is 179 Å². The van der Waals surface area contributed by atoms with Crippen LogP contribution in [0.15, 0.2) is 78.9 Å². The Hall–Kier alpha value is -4.33. The summed E-state index contributed by atoms with van der Waals surface area (Å²) in [6.45, 7) is 0. The summed E-state index contributed by atoms with van der Waals surface area (Å²) in [5.74, 6) is 2.10. The van der Waals surface area contributed by atoms with Gasteiger partial charge in [0.05, 0.1) is 16.9 Å². The highest BCUT2D eigenvalue weighted by Gasteiger charge is 2.55. The number of carbonyl (C=O) groups is 1. The number of nitrogens with zero attached hydrogens (tertiary/aromatic N) is 1. The van der Waals surface area contributed by atoms with Crippen molar-refractivity contribution in [3.63, 3.8) is 0 Å². The molecule has 8 heteroatoms. The van der Waals surface area contributed by atoms with Gasteiger partial charge in [0.15, 0.2) is 0 Å². The summed E-state index contributed by atoms with van der Waals surface area (Å²) >= 11 is 0. The fourth-order valence-electron chi connectivity index (χ4n) is 3.86. The second kappa shape index (κ2) is 7.17. The predicted octanol–water partition coefficient (Wildman–Crippen LogP) is -0.845. The smallest absolute Gasteiger partial charge is 0.361 e. The number of hydrogen-bond acceptors (Lipinski definition) is 5. The van der Waals surface area contributed by atoms with Crippen molar-refractivity contribution in [2.75, 3.05) is 17.3 Å². The lowest BCUT2D eigenvalue weighted by atomic mass is 10.0. The van der Waals surface area contributed by atoms with E-state index in [1.54, 1.807) is 11.9 Å². The first kappa shape index (κ1) is 18.7. The molecule has 31 heavy (non-hydrogen) atoms. The van der Waals surface area contributed by atoms with Crippen LogP contribution in [0.1, 0.15) is 5.56 Å². The molecule has 8 nitrogen and oxygen atoms in total. The third-order valence-electron chi connectivity index (χ3n) is 5.29. The van der Waals surface area contributed by atoms with Gasteiger partial charge < -0.3 is 9.64 Å². The van der Waals surface area contributed by atoms with Crippen molar-refractivity contribution < 1.29 is 19.5 Å². The number of anilines is 2. The molecule has 0 unspecified atom stereocenters. The summed E-state index contributed by atoms with van der Waals surface area (Å²) in [5.41, 5.74) is 7.35.